The molecular formula is C88H106BrCl5N8O21. The third-order valence-corrected chi connectivity index (χ3v) is 15.9. The molecule has 2 aromatic heterocycles. The largest absolute Gasteiger partial charge is 0.493 e. The number of nitrogens with two attached hydrogens (primary N) is 2. The number of nitrogens with zero attached hydrogens (tertiary/aromatic N) is 5. The summed E-state index contributed by atoms with van der Waals surface area (Å²) < 4.78 is 61.0. The van der Waals surface area contributed by atoms with Crippen LogP contribution in [0.15, 0.2) is 238 Å². The molecular weight excluding hydrogens is 1760 g/mol. The van der Waals surface area contributed by atoms with Gasteiger partial charge in [0.25, 0.3) is 5.91 Å². The fraction of sp³-hybridized carbons (Fsp3) is 0.307. The second kappa shape index (κ2) is 61.6. The number of aryl methyl sites for hydroxylation is 1. The molecule has 3 aliphatic rings. The van der Waals surface area contributed by atoms with Crippen molar-refractivity contribution in [1.82, 2.24) is 20.5 Å². The molecule has 0 bridgehead atoms. The predicted molar refractivity (Wildman–Crippen MR) is 482 cm³/mol. The van der Waals surface area contributed by atoms with Crippen molar-refractivity contribution in [2.45, 2.75) is 61.0 Å². The van der Waals surface area contributed by atoms with Crippen molar-refractivity contribution in [3.8, 4) is 57.4 Å². The summed E-state index contributed by atoms with van der Waals surface area (Å²) >= 11 is 27.1. The molecule has 4 atom stereocenters. The number of ketones is 2. The molecule has 666 valence electrons. The number of rotatable bonds is 21. The van der Waals surface area contributed by atoms with Crippen molar-refractivity contribution in [2.24, 2.45) is 21.5 Å². The lowest BCUT2D eigenvalue weighted by Gasteiger charge is -2.14. The quantitative estimate of drug-likeness (QED) is 0.0193. The number of carboxylic acid groups (broad SMARTS) is 1. The van der Waals surface area contributed by atoms with Crippen LogP contribution in [0.5, 0.6) is 34.5 Å². The number of hydrogen-bond donors (Lipinski definition) is 5. The van der Waals surface area contributed by atoms with Gasteiger partial charge in [-0.05, 0) is 121 Å². The van der Waals surface area contributed by atoms with Crippen LogP contribution < -0.4 is 45.4 Å². The third-order valence-electron chi connectivity index (χ3n) is 15.9. The van der Waals surface area contributed by atoms with Gasteiger partial charge in [0.15, 0.2) is 52.3 Å². The Morgan fingerprint density at radius 1 is 0.569 bits per heavy atom. The molecule has 0 saturated carbocycles. The van der Waals surface area contributed by atoms with Crippen LogP contribution >= 0.6 is 73.9 Å². The van der Waals surface area contributed by atoms with Gasteiger partial charge in [-0.3, -0.25) is 24.0 Å². The van der Waals surface area contributed by atoms with E-state index in [0.29, 0.717) is 69.2 Å². The number of esters is 1. The number of hydroxylamine groups is 3. The molecule has 0 aliphatic carbocycles. The highest BCUT2D eigenvalue weighted by Gasteiger charge is 2.30. The number of Topliss-reactive ketones (excluding diaryl/α,β-unsaturated/α-hetero) is 1. The Bertz CT molecular complexity index is 4630. The fourth-order valence-electron chi connectivity index (χ4n) is 9.71. The lowest BCUT2D eigenvalue weighted by Crippen LogP contribution is -2.34. The molecule has 7 N–H and O–H groups in total. The van der Waals surface area contributed by atoms with Crippen molar-refractivity contribution in [2.75, 3.05) is 116 Å². The highest BCUT2D eigenvalue weighted by molar-refractivity contribution is 9.11. The summed E-state index contributed by atoms with van der Waals surface area (Å²) in [6.07, 6.45) is 5.22. The molecule has 3 aliphatic heterocycles. The number of aliphatic hydroxyl groups is 1. The predicted octanol–water partition coefficient (Wildman–Crippen LogP) is 16.7. The maximum atomic E-state index is 12.8. The van der Waals surface area contributed by atoms with Crippen molar-refractivity contribution in [3.05, 3.63) is 264 Å². The van der Waals surface area contributed by atoms with Gasteiger partial charge in [-0.25, -0.2) is 35.3 Å². The third kappa shape index (κ3) is 40.5. The second-order valence-corrected chi connectivity index (χ2v) is 30.0. The van der Waals surface area contributed by atoms with Crippen LogP contribution in [0, 0.1) is 6.92 Å². The van der Waals surface area contributed by atoms with Gasteiger partial charge in [-0.15, -0.1) is 23.2 Å². The molecule has 1 saturated heterocycles. The van der Waals surface area contributed by atoms with E-state index in [9.17, 15) is 24.0 Å². The van der Waals surface area contributed by atoms with Crippen LogP contribution in [0.4, 0.5) is 0 Å². The molecule has 1 amide bonds. The smallest absolute Gasteiger partial charge is 0.332 e. The van der Waals surface area contributed by atoms with Crippen molar-refractivity contribution in [3.63, 3.8) is 0 Å². The number of methoxy groups -OCH3 is 7. The molecule has 4 unspecified atom stereocenters. The number of hydrogen-bond acceptors (Lipinski definition) is 27. The van der Waals surface area contributed by atoms with Crippen molar-refractivity contribution >= 4 is 115 Å². The lowest BCUT2D eigenvalue weighted by molar-refractivity contribution is -0.143. The number of aliphatic imine (C=N–C) groups is 2. The zero-order valence-corrected chi connectivity index (χ0v) is 74.9. The monoisotopic (exact) mass is 1860 g/mol. The topological polar surface area (TPSA) is 381 Å². The normalized spacial score (nSPS) is 13.2. The van der Waals surface area contributed by atoms with Crippen LogP contribution in [-0.4, -0.2) is 204 Å². The number of amides is 1. The minimum Gasteiger partial charge on any atom is -0.493 e. The SMILES string of the molecule is C.C1CCOC1.CC(N)c1ccccc1.CNOC.COC(=O)C(N)CO.CON(C)C(=O)c1coc(-c2ccccc2)n1.COc1cc(C(=O)C2COC(c3ccccc3)=N2)cc(OC)c1OC.COc1cc(C(=O)c2coc(-c3ccccc3)n2)cc(OC)c1OC.Cc1ccccc1.ClC(Cl)(Cl)Br.ClCCl.O=C(O)C1COC(c2ccccc2)=N1. The molecule has 0 radical (unpaired) electrons. The first-order chi connectivity index (χ1) is 58.6. The van der Waals surface area contributed by atoms with E-state index in [4.69, 9.17) is 136 Å². The standard InChI is InChI=1S/C19H19NO5.C19H17NO5.C12H12N2O3.C10H9NO3.C8H11N.C7H8.C4H9NO3.C4H8O.C2H7NO.CBrCl3.CH2Cl2.CH4/c2*1-22-15-9-13(10-16(23-2)18(15)24-3)17(21)14-11-25-19(20-14)12-7-5-4-6-8-12;1-14(16-2)12(15)10-8-17-11(13-10)9-6-4-3-5-7-9;12-10(13)8-6-14-9(11-8)7-4-2-1-3-5-7;1-7(9)8-5-3-2-4-6-8;1-7-5-3-2-4-6-7;1-8-4(7)3(5)2-6;1-2-4-5-3-1;1-3-4-2;2-1(3,4)5;2-1-3;/h4-10,14H,11H2,1-3H3;4-11H,1-3H3;3-8H,1-2H3;1-5,8H,6H2,(H,12,13);2-7H,9H2,1H3;2-6H,1H3;3,6H,2,5H2,1H3;1-4H2;3H,1-2H3;;1H2;1H4. The van der Waals surface area contributed by atoms with Crippen LogP contribution in [0.1, 0.15) is 92.4 Å². The van der Waals surface area contributed by atoms with E-state index in [1.807, 2.05) is 177 Å². The molecule has 10 aromatic rings. The fourth-order valence-corrected chi connectivity index (χ4v) is 9.71. The first-order valence-electron chi connectivity index (χ1n) is 36.8. The molecule has 8 aromatic carbocycles. The number of alkyl halides is 6. The summed E-state index contributed by atoms with van der Waals surface area (Å²) in [6, 6.07) is 62.2. The number of halogens is 6. The minimum atomic E-state index is -1.27. The summed E-state index contributed by atoms with van der Waals surface area (Å²) in [5.41, 5.74) is 20.1. The molecule has 1 fully saturated rings. The Labute approximate surface area is 750 Å². The maximum Gasteiger partial charge on any atom is 0.332 e. The van der Waals surface area contributed by atoms with Gasteiger partial charge in [0, 0.05) is 66.7 Å². The van der Waals surface area contributed by atoms with Crippen LogP contribution in [0.2, 0.25) is 0 Å². The van der Waals surface area contributed by atoms with Gasteiger partial charge < -0.3 is 82.7 Å². The minimum absolute atomic E-state index is 0. The van der Waals surface area contributed by atoms with E-state index < -0.39 is 32.8 Å². The number of ether oxygens (including phenoxy) is 10. The van der Waals surface area contributed by atoms with E-state index >= 15 is 0 Å². The number of aliphatic hydroxyl groups excluding tert-OH is 1. The molecule has 13 rings (SSSR count). The zero-order valence-electron chi connectivity index (χ0n) is 69.6. The number of nitrogens with one attached hydrogen (secondary N) is 1. The second-order valence-electron chi connectivity index (χ2n) is 24.3. The Morgan fingerprint density at radius 2 is 0.919 bits per heavy atom. The average Bonchev–Trinajstić information content (AvgIpc) is 1.17. The Morgan fingerprint density at radius 3 is 1.21 bits per heavy atom. The average molecular weight is 1870 g/mol. The van der Waals surface area contributed by atoms with Gasteiger partial charge in [-0.1, -0.05) is 181 Å². The number of carboxylic acids is 1. The number of oxazole rings is 2. The number of carbonyl (C=O) groups is 5. The summed E-state index contributed by atoms with van der Waals surface area (Å²) in [4.78, 5) is 83.9. The molecule has 123 heavy (non-hydrogen) atoms. The van der Waals surface area contributed by atoms with Crippen LogP contribution in [-0.2, 0) is 38.2 Å². The number of aromatic nitrogens is 2. The van der Waals surface area contributed by atoms with Gasteiger partial charge in [-0.2, -0.15) is 0 Å². The summed E-state index contributed by atoms with van der Waals surface area (Å²) in [5.74, 6) is 1.86. The van der Waals surface area contributed by atoms with Gasteiger partial charge >= 0.3 is 11.9 Å². The lowest BCUT2D eigenvalue weighted by atomic mass is 10.0. The Kier molecular flexibility index (Phi) is 54.3. The molecule has 29 nitrogen and oxygen atoms in total. The molecule has 5 heterocycles. The molecule has 35 heteroatoms. The number of benzene rings is 8. The summed E-state index contributed by atoms with van der Waals surface area (Å²) in [5, 5.41) is 18.2. The Hall–Kier alpha value is -10.7. The summed E-state index contributed by atoms with van der Waals surface area (Å²) in [6.45, 7) is 6.03. The highest BCUT2D eigenvalue weighted by Crippen LogP contribution is 2.40. The van der Waals surface area contributed by atoms with E-state index in [-0.39, 0.29) is 67.5 Å². The summed E-state index contributed by atoms with van der Waals surface area (Å²) in [7, 11) is 16.5. The van der Waals surface area contributed by atoms with E-state index in [2.05, 4.69) is 70.0 Å². The van der Waals surface area contributed by atoms with E-state index in [0.717, 1.165) is 40.5 Å². The van der Waals surface area contributed by atoms with Crippen molar-refractivity contribution < 1.29 is 100 Å². The van der Waals surface area contributed by atoms with Gasteiger partial charge in [0.1, 0.15) is 31.8 Å². The van der Waals surface area contributed by atoms with E-state index in [1.54, 1.807) is 38.4 Å². The van der Waals surface area contributed by atoms with Gasteiger partial charge in [0.05, 0.1) is 75.9 Å². The zero-order chi connectivity index (χ0) is 90.4. The van der Waals surface area contributed by atoms with Gasteiger partial charge in [0.2, 0.25) is 43.6 Å². The van der Waals surface area contributed by atoms with Crippen LogP contribution in [0.25, 0.3) is 22.9 Å². The highest BCUT2D eigenvalue weighted by atomic mass is 79.9. The molecule has 0 spiro atoms. The van der Waals surface area contributed by atoms with Crippen molar-refractivity contribution in [1.29, 1.82) is 0 Å². The Balaban J connectivity index is 0.000000486. The first-order valence-corrected chi connectivity index (χ1v) is 39.8. The number of carbonyl (C=O) groups excluding carboxylic acids is 4. The maximum absolute atomic E-state index is 12.8. The van der Waals surface area contributed by atoms with E-state index in [1.165, 1.54) is 100 Å². The number of aliphatic carboxylic acids is 1. The first kappa shape index (κ1) is 108. The van der Waals surface area contributed by atoms with Crippen LogP contribution in [0.3, 0.4) is 0 Å².